The zero-order valence-electron chi connectivity index (χ0n) is 10.1. The number of hydrogen-bond acceptors (Lipinski definition) is 3. The number of nitrogens with one attached hydrogen (secondary N) is 1. The number of nitrogens with two attached hydrogens (primary N) is 1. The van der Waals surface area contributed by atoms with Crippen molar-refractivity contribution < 1.29 is 0 Å². The van der Waals surface area contributed by atoms with Crippen LogP contribution in [-0.4, -0.2) is 0 Å². The van der Waals surface area contributed by atoms with Crippen LogP contribution < -0.4 is 11.1 Å². The van der Waals surface area contributed by atoms with Gasteiger partial charge in [0.15, 0.2) is 0 Å². The van der Waals surface area contributed by atoms with E-state index in [1.165, 1.54) is 22.5 Å². The Balaban J connectivity index is 2.06. The van der Waals surface area contributed by atoms with E-state index in [9.17, 15) is 0 Å². The van der Waals surface area contributed by atoms with Crippen LogP contribution in [-0.2, 0) is 13.0 Å². The fourth-order valence-corrected chi connectivity index (χ4v) is 2.59. The molecular weight excluding hydrogens is 228 g/mol. The highest BCUT2D eigenvalue weighted by atomic mass is 32.1. The Labute approximate surface area is 106 Å². The second kappa shape index (κ2) is 5.73. The van der Waals surface area contributed by atoms with Crippen LogP contribution in [0.1, 0.15) is 23.8 Å². The molecule has 0 amide bonds. The molecule has 0 saturated heterocycles. The molecule has 90 valence electrons. The Bertz CT molecular complexity index is 477. The summed E-state index contributed by atoms with van der Waals surface area (Å²) in [5, 5.41) is 5.50. The van der Waals surface area contributed by atoms with E-state index >= 15 is 0 Å². The van der Waals surface area contributed by atoms with Crippen LogP contribution in [0.25, 0.3) is 0 Å². The maximum atomic E-state index is 5.87. The van der Waals surface area contributed by atoms with Crippen LogP contribution in [0.3, 0.4) is 0 Å². The van der Waals surface area contributed by atoms with Crippen molar-refractivity contribution in [1.82, 2.24) is 0 Å². The lowest BCUT2D eigenvalue weighted by Gasteiger charge is -2.11. The molecule has 2 aromatic rings. The summed E-state index contributed by atoms with van der Waals surface area (Å²) < 4.78 is 0. The Morgan fingerprint density at radius 3 is 2.76 bits per heavy atom. The first-order chi connectivity index (χ1) is 8.31. The van der Waals surface area contributed by atoms with Gasteiger partial charge in [-0.15, -0.1) is 11.3 Å². The van der Waals surface area contributed by atoms with Crippen molar-refractivity contribution in [2.24, 2.45) is 0 Å². The molecule has 1 aromatic heterocycles. The molecule has 0 aliphatic carbocycles. The van der Waals surface area contributed by atoms with E-state index in [4.69, 9.17) is 5.73 Å². The van der Waals surface area contributed by atoms with Gasteiger partial charge in [0.05, 0.1) is 6.54 Å². The summed E-state index contributed by atoms with van der Waals surface area (Å²) in [7, 11) is 0. The number of rotatable bonds is 5. The number of nitrogen functional groups attached to an aromatic ring is 1. The van der Waals surface area contributed by atoms with Gasteiger partial charge in [0.25, 0.3) is 0 Å². The van der Waals surface area contributed by atoms with Crippen molar-refractivity contribution >= 4 is 22.7 Å². The van der Waals surface area contributed by atoms with Gasteiger partial charge in [0.2, 0.25) is 0 Å². The molecule has 2 nitrogen and oxygen atoms in total. The highest BCUT2D eigenvalue weighted by Crippen LogP contribution is 2.22. The molecule has 0 aliphatic heterocycles. The minimum Gasteiger partial charge on any atom is -0.398 e. The lowest BCUT2D eigenvalue weighted by molar-refractivity contribution is 0.920. The molecule has 0 bridgehead atoms. The van der Waals surface area contributed by atoms with Gasteiger partial charge in [-0.25, -0.2) is 0 Å². The fourth-order valence-electron chi connectivity index (χ4n) is 1.85. The molecular formula is C14H18N2S. The molecule has 0 saturated carbocycles. The number of para-hydroxylation sites is 1. The van der Waals surface area contributed by atoms with Gasteiger partial charge in [-0.2, -0.15) is 0 Å². The second-order valence-electron chi connectivity index (χ2n) is 4.06. The first kappa shape index (κ1) is 12.0. The summed E-state index contributed by atoms with van der Waals surface area (Å²) in [6.45, 7) is 3.01. The fraction of sp³-hybridized carbons (Fsp3) is 0.286. The van der Waals surface area contributed by atoms with Gasteiger partial charge in [-0.05, 0) is 29.5 Å². The third-order valence-corrected chi connectivity index (χ3v) is 3.69. The minimum absolute atomic E-state index is 0.810. The van der Waals surface area contributed by atoms with E-state index in [2.05, 4.69) is 36.5 Å². The predicted molar refractivity (Wildman–Crippen MR) is 76.5 cm³/mol. The zero-order valence-corrected chi connectivity index (χ0v) is 10.9. The Morgan fingerprint density at radius 1 is 1.24 bits per heavy atom. The Hall–Kier alpha value is -1.48. The second-order valence-corrected chi connectivity index (χ2v) is 5.06. The summed E-state index contributed by atoms with van der Waals surface area (Å²) in [5.74, 6) is 0. The molecule has 1 aromatic carbocycles. The highest BCUT2D eigenvalue weighted by molar-refractivity contribution is 7.10. The monoisotopic (exact) mass is 246 g/mol. The topological polar surface area (TPSA) is 38.0 Å². The van der Waals surface area contributed by atoms with E-state index < -0.39 is 0 Å². The van der Waals surface area contributed by atoms with Crippen molar-refractivity contribution in [1.29, 1.82) is 0 Å². The van der Waals surface area contributed by atoms with E-state index in [-0.39, 0.29) is 0 Å². The first-order valence-electron chi connectivity index (χ1n) is 5.95. The number of hydrogen-bond donors (Lipinski definition) is 2. The van der Waals surface area contributed by atoms with Gasteiger partial charge < -0.3 is 11.1 Å². The standard InChI is InChI=1S/C14H18N2S/c1-2-5-11-6-3-4-7-13(11)16-10-14-12(15)8-9-17-14/h3-4,6-9,16H,2,5,10,15H2,1H3. The molecule has 3 heteroatoms. The highest BCUT2D eigenvalue weighted by Gasteiger charge is 2.03. The average Bonchev–Trinajstić information content (AvgIpc) is 2.74. The molecule has 0 fully saturated rings. The number of aryl methyl sites for hydroxylation is 1. The molecule has 0 spiro atoms. The van der Waals surface area contributed by atoms with Gasteiger partial charge in [-0.3, -0.25) is 0 Å². The lowest BCUT2D eigenvalue weighted by atomic mass is 10.1. The third kappa shape index (κ3) is 3.01. The van der Waals surface area contributed by atoms with Gasteiger partial charge in [0.1, 0.15) is 0 Å². The van der Waals surface area contributed by atoms with Crippen LogP contribution in [0.2, 0.25) is 0 Å². The normalized spacial score (nSPS) is 10.4. The summed E-state index contributed by atoms with van der Waals surface area (Å²) in [6.07, 6.45) is 2.28. The van der Waals surface area contributed by atoms with Crippen molar-refractivity contribution in [3.05, 3.63) is 46.2 Å². The van der Waals surface area contributed by atoms with Crippen LogP contribution >= 0.6 is 11.3 Å². The van der Waals surface area contributed by atoms with Crippen molar-refractivity contribution in [3.8, 4) is 0 Å². The third-order valence-electron chi connectivity index (χ3n) is 2.76. The SMILES string of the molecule is CCCc1ccccc1NCc1sccc1N. The van der Waals surface area contributed by atoms with Gasteiger partial charge in [-0.1, -0.05) is 31.5 Å². The van der Waals surface area contributed by atoms with E-state index in [1.807, 2.05) is 11.4 Å². The van der Waals surface area contributed by atoms with Crippen molar-refractivity contribution in [2.75, 3.05) is 11.1 Å². The summed E-state index contributed by atoms with van der Waals surface area (Å²) >= 11 is 1.70. The molecule has 0 aliphatic rings. The summed E-state index contributed by atoms with van der Waals surface area (Å²) in [5.41, 5.74) is 9.36. The number of anilines is 2. The van der Waals surface area contributed by atoms with Gasteiger partial charge >= 0.3 is 0 Å². The van der Waals surface area contributed by atoms with Gasteiger partial charge in [0, 0.05) is 16.3 Å². The van der Waals surface area contributed by atoms with Crippen molar-refractivity contribution in [3.63, 3.8) is 0 Å². The quantitative estimate of drug-likeness (QED) is 0.839. The number of benzene rings is 1. The minimum atomic E-state index is 0.810. The molecule has 3 N–H and O–H groups in total. The summed E-state index contributed by atoms with van der Waals surface area (Å²) in [4.78, 5) is 1.20. The van der Waals surface area contributed by atoms with Crippen molar-refractivity contribution in [2.45, 2.75) is 26.3 Å². The van der Waals surface area contributed by atoms with Crippen LogP contribution in [0, 0.1) is 0 Å². The maximum Gasteiger partial charge on any atom is 0.0514 e. The van der Waals surface area contributed by atoms with Crippen LogP contribution in [0.5, 0.6) is 0 Å². The number of thiophene rings is 1. The molecule has 0 atom stereocenters. The smallest absolute Gasteiger partial charge is 0.0514 e. The Morgan fingerprint density at radius 2 is 2.06 bits per heavy atom. The maximum absolute atomic E-state index is 5.87. The van der Waals surface area contributed by atoms with E-state index in [0.717, 1.165) is 18.7 Å². The molecule has 17 heavy (non-hydrogen) atoms. The Kier molecular flexibility index (Phi) is 4.04. The largest absolute Gasteiger partial charge is 0.398 e. The molecule has 2 rings (SSSR count). The average molecular weight is 246 g/mol. The molecule has 0 radical (unpaired) electrons. The first-order valence-corrected chi connectivity index (χ1v) is 6.83. The van der Waals surface area contributed by atoms with E-state index in [0.29, 0.717) is 0 Å². The molecule has 0 unspecified atom stereocenters. The van der Waals surface area contributed by atoms with Crippen LogP contribution in [0.4, 0.5) is 11.4 Å². The van der Waals surface area contributed by atoms with E-state index in [1.54, 1.807) is 11.3 Å². The molecule has 1 heterocycles. The zero-order chi connectivity index (χ0) is 12.1. The lowest BCUT2D eigenvalue weighted by Crippen LogP contribution is -2.02. The van der Waals surface area contributed by atoms with Crippen LogP contribution in [0.15, 0.2) is 35.7 Å². The summed E-state index contributed by atoms with van der Waals surface area (Å²) in [6, 6.07) is 10.4. The predicted octanol–water partition coefficient (Wildman–Crippen LogP) is 3.89.